The Kier molecular flexibility index (Phi) is 55.9. The fourth-order valence-corrected chi connectivity index (χ4v) is 8.12. The topological polar surface area (TPSA) is 78.9 Å². The van der Waals surface area contributed by atoms with Gasteiger partial charge in [0.05, 0.1) is 0 Å². The van der Waals surface area contributed by atoms with Crippen molar-refractivity contribution in [1.29, 1.82) is 0 Å². The summed E-state index contributed by atoms with van der Waals surface area (Å²) >= 11 is 0. The Morgan fingerprint density at radius 1 is 0.296 bits per heavy atom. The molecule has 0 aromatic heterocycles. The Morgan fingerprint density at radius 2 is 0.549 bits per heavy atom. The van der Waals surface area contributed by atoms with Gasteiger partial charge in [0.25, 0.3) is 0 Å². The van der Waals surface area contributed by atoms with Crippen LogP contribution < -0.4 is 0 Å². The monoisotopic (exact) mass is 987 g/mol. The van der Waals surface area contributed by atoms with Crippen molar-refractivity contribution >= 4 is 17.9 Å². The average molecular weight is 988 g/mol. The smallest absolute Gasteiger partial charge is 0.306 e. The molecule has 0 heterocycles. The first-order chi connectivity index (χ1) is 35.0. The third-order valence-corrected chi connectivity index (χ3v) is 12.6. The zero-order valence-corrected chi connectivity index (χ0v) is 46.5. The lowest BCUT2D eigenvalue weighted by Gasteiger charge is -2.18. The van der Waals surface area contributed by atoms with Gasteiger partial charge in [0.1, 0.15) is 13.2 Å². The van der Waals surface area contributed by atoms with Gasteiger partial charge in [-0.05, 0) is 103 Å². The zero-order chi connectivity index (χ0) is 51.4. The molecule has 406 valence electrons. The normalized spacial score (nSPS) is 12.8. The lowest BCUT2D eigenvalue weighted by molar-refractivity contribution is -0.167. The number of esters is 3. The molecule has 71 heavy (non-hydrogen) atoms. The molecule has 0 aromatic carbocycles. The van der Waals surface area contributed by atoms with Crippen LogP contribution in [-0.2, 0) is 28.6 Å². The molecule has 0 bridgehead atoms. The summed E-state index contributed by atoms with van der Waals surface area (Å²) in [4.78, 5) is 37.9. The van der Waals surface area contributed by atoms with Crippen LogP contribution in [0, 0.1) is 0 Å². The average Bonchev–Trinajstić information content (AvgIpc) is 3.37. The maximum absolute atomic E-state index is 12.8. The summed E-state index contributed by atoms with van der Waals surface area (Å²) in [7, 11) is 0. The van der Waals surface area contributed by atoms with Crippen LogP contribution in [0.1, 0.15) is 278 Å². The van der Waals surface area contributed by atoms with Crippen molar-refractivity contribution in [1.82, 2.24) is 0 Å². The molecule has 0 N–H and O–H groups in total. The van der Waals surface area contributed by atoms with E-state index in [9.17, 15) is 14.4 Å². The van der Waals surface area contributed by atoms with E-state index in [0.717, 1.165) is 116 Å². The van der Waals surface area contributed by atoms with Gasteiger partial charge in [-0.25, -0.2) is 0 Å². The van der Waals surface area contributed by atoms with E-state index in [1.807, 2.05) is 0 Å². The molecular formula is C65H110O6. The maximum atomic E-state index is 12.8. The van der Waals surface area contributed by atoms with Crippen LogP contribution in [0.4, 0.5) is 0 Å². The predicted molar refractivity (Wildman–Crippen MR) is 307 cm³/mol. The summed E-state index contributed by atoms with van der Waals surface area (Å²) < 4.78 is 16.8. The van der Waals surface area contributed by atoms with Crippen LogP contribution in [0.25, 0.3) is 0 Å². The van der Waals surface area contributed by atoms with Crippen LogP contribution in [0.3, 0.4) is 0 Å². The van der Waals surface area contributed by atoms with Gasteiger partial charge in [-0.15, -0.1) is 0 Å². The molecule has 0 radical (unpaired) electrons. The van der Waals surface area contributed by atoms with Crippen LogP contribution in [0.2, 0.25) is 0 Å². The molecule has 0 spiro atoms. The summed E-state index contributed by atoms with van der Waals surface area (Å²) in [5, 5.41) is 0. The fraction of sp³-hybridized carbons (Fsp3) is 0.708. The lowest BCUT2D eigenvalue weighted by atomic mass is 10.0. The number of rotatable bonds is 53. The van der Waals surface area contributed by atoms with Gasteiger partial charge in [-0.3, -0.25) is 14.4 Å². The molecule has 1 atom stereocenters. The van der Waals surface area contributed by atoms with Gasteiger partial charge in [0, 0.05) is 19.3 Å². The van der Waals surface area contributed by atoms with E-state index in [1.165, 1.54) is 122 Å². The van der Waals surface area contributed by atoms with Crippen LogP contribution in [0.5, 0.6) is 0 Å². The second-order valence-electron chi connectivity index (χ2n) is 19.5. The Morgan fingerprint density at radius 3 is 0.901 bits per heavy atom. The van der Waals surface area contributed by atoms with Crippen molar-refractivity contribution in [3.8, 4) is 0 Å². The Labute approximate surface area is 438 Å². The van der Waals surface area contributed by atoms with E-state index in [-0.39, 0.29) is 31.1 Å². The van der Waals surface area contributed by atoms with Crippen LogP contribution in [-0.4, -0.2) is 37.2 Å². The van der Waals surface area contributed by atoms with E-state index >= 15 is 0 Å². The highest BCUT2D eigenvalue weighted by Crippen LogP contribution is 2.15. The number of carbonyl (C=O) groups excluding carboxylic acids is 3. The summed E-state index contributed by atoms with van der Waals surface area (Å²) in [6, 6.07) is 0. The Bertz CT molecular complexity index is 1410. The van der Waals surface area contributed by atoms with Gasteiger partial charge < -0.3 is 14.2 Å². The van der Waals surface area contributed by atoms with Gasteiger partial charge in [-0.1, -0.05) is 253 Å². The summed E-state index contributed by atoms with van der Waals surface area (Å²) in [6.07, 6.45) is 78.6. The highest BCUT2D eigenvalue weighted by molar-refractivity contribution is 5.71. The molecule has 0 aromatic rings. The molecule has 6 heteroatoms. The largest absolute Gasteiger partial charge is 0.462 e. The van der Waals surface area contributed by atoms with E-state index < -0.39 is 6.10 Å². The second-order valence-corrected chi connectivity index (χ2v) is 19.5. The summed E-state index contributed by atoms with van der Waals surface area (Å²) in [5.41, 5.74) is 0. The van der Waals surface area contributed by atoms with Crippen LogP contribution >= 0.6 is 0 Å². The predicted octanol–water partition coefficient (Wildman–Crippen LogP) is 20.1. The molecule has 0 rings (SSSR count). The van der Waals surface area contributed by atoms with Crippen molar-refractivity contribution < 1.29 is 28.6 Å². The summed E-state index contributed by atoms with van der Waals surface area (Å²) in [6.45, 7) is 6.46. The third-order valence-electron chi connectivity index (χ3n) is 12.6. The second kappa shape index (κ2) is 58.9. The molecule has 0 fully saturated rings. The number of ether oxygens (including phenoxy) is 3. The Balaban J connectivity index is 4.08. The highest BCUT2D eigenvalue weighted by atomic mass is 16.6. The minimum absolute atomic E-state index is 0.0789. The van der Waals surface area contributed by atoms with Crippen molar-refractivity contribution in [2.24, 2.45) is 0 Å². The number of carbonyl (C=O) groups is 3. The molecule has 0 aliphatic carbocycles. The van der Waals surface area contributed by atoms with Gasteiger partial charge in [0.2, 0.25) is 0 Å². The molecule has 1 unspecified atom stereocenters. The van der Waals surface area contributed by atoms with E-state index in [4.69, 9.17) is 14.2 Å². The number of allylic oxidation sites excluding steroid dienone is 16. The van der Waals surface area contributed by atoms with Crippen molar-refractivity contribution in [2.75, 3.05) is 13.2 Å². The number of hydrogen-bond donors (Lipinski definition) is 0. The maximum Gasteiger partial charge on any atom is 0.306 e. The number of unbranched alkanes of at least 4 members (excludes halogenated alkanes) is 26. The van der Waals surface area contributed by atoms with Crippen molar-refractivity contribution in [3.63, 3.8) is 0 Å². The van der Waals surface area contributed by atoms with Crippen LogP contribution in [0.15, 0.2) is 97.2 Å². The van der Waals surface area contributed by atoms with E-state index in [0.29, 0.717) is 19.3 Å². The highest BCUT2D eigenvalue weighted by Gasteiger charge is 2.19. The first-order valence-electron chi connectivity index (χ1n) is 29.7. The standard InChI is InChI=1S/C65H110O6/c1-4-7-10-13-16-19-21-23-24-25-26-27-28-29-30-31-32-33-34-35-36-37-38-39-40-41-42-43-45-46-49-52-55-58-64(67)70-61-62(60-69-63(66)57-54-51-48-18-15-12-9-6-3)71-65(68)59-56-53-50-47-44-22-20-17-14-11-8-5-2/h7,10,16-17,19-20,23-24,26-27,29-30,32-33,35-36,62H,4-6,8-9,11-15,18,21-22,25,28,31,34,37-61H2,1-3H3/b10-7-,19-16-,20-17-,24-23-,27-26-,30-29-,33-32-,36-35-. The minimum Gasteiger partial charge on any atom is -0.462 e. The Hall–Kier alpha value is -3.67. The van der Waals surface area contributed by atoms with Crippen molar-refractivity contribution in [3.05, 3.63) is 97.2 Å². The summed E-state index contributed by atoms with van der Waals surface area (Å²) in [5.74, 6) is -0.893. The van der Waals surface area contributed by atoms with Crippen molar-refractivity contribution in [2.45, 2.75) is 284 Å². The van der Waals surface area contributed by atoms with Gasteiger partial charge in [0.15, 0.2) is 6.10 Å². The lowest BCUT2D eigenvalue weighted by Crippen LogP contribution is -2.30. The molecule has 0 aliphatic heterocycles. The minimum atomic E-state index is -0.778. The quantitative estimate of drug-likeness (QED) is 0.0261. The van der Waals surface area contributed by atoms with Gasteiger partial charge in [-0.2, -0.15) is 0 Å². The van der Waals surface area contributed by atoms with E-state index in [2.05, 4.69) is 118 Å². The molecule has 0 amide bonds. The van der Waals surface area contributed by atoms with E-state index in [1.54, 1.807) is 0 Å². The zero-order valence-electron chi connectivity index (χ0n) is 46.5. The molecule has 6 nitrogen and oxygen atoms in total. The molecule has 0 aliphatic rings. The SMILES string of the molecule is CC/C=C\C/C=C\C/C=C\C/C=C\C/C=C\C/C=C\C/C=C\CCCCCCCCCCCCCC(=O)OCC(COC(=O)CCCCCCCCCC)OC(=O)CCCCCCC/C=C\CCCCC. The first-order valence-corrected chi connectivity index (χ1v) is 29.7. The number of hydrogen-bond acceptors (Lipinski definition) is 6. The third kappa shape index (κ3) is 57.1. The van der Waals surface area contributed by atoms with Gasteiger partial charge >= 0.3 is 17.9 Å². The fourth-order valence-electron chi connectivity index (χ4n) is 8.12. The molecular weight excluding hydrogens is 877 g/mol. The molecule has 0 saturated carbocycles. The molecule has 0 saturated heterocycles. The first kappa shape index (κ1) is 67.3.